The number of benzene rings is 1. The van der Waals surface area contributed by atoms with Crippen molar-refractivity contribution < 1.29 is 4.42 Å². The van der Waals surface area contributed by atoms with E-state index in [0.29, 0.717) is 6.04 Å². The molecule has 3 rings (SSSR count). The average Bonchev–Trinajstić information content (AvgIpc) is 2.88. The molecule has 1 saturated carbocycles. The van der Waals surface area contributed by atoms with Crippen molar-refractivity contribution in [2.45, 2.75) is 51.5 Å². The minimum absolute atomic E-state index is 0.439. The molecule has 1 aliphatic carbocycles. The van der Waals surface area contributed by atoms with Crippen molar-refractivity contribution in [3.05, 3.63) is 35.6 Å². The summed E-state index contributed by atoms with van der Waals surface area (Å²) in [5.74, 6) is 1.91. The Morgan fingerprint density at radius 1 is 1.20 bits per heavy atom. The molecule has 2 heteroatoms. The maximum absolute atomic E-state index is 6.08. The quantitative estimate of drug-likeness (QED) is 0.861. The molecule has 2 aromatic rings. The molecule has 0 saturated heterocycles. The van der Waals surface area contributed by atoms with Crippen molar-refractivity contribution in [1.82, 2.24) is 5.32 Å². The van der Waals surface area contributed by atoms with Crippen LogP contribution in [0.3, 0.4) is 0 Å². The first kappa shape index (κ1) is 13.7. The minimum Gasteiger partial charge on any atom is -0.461 e. The van der Waals surface area contributed by atoms with E-state index in [4.69, 9.17) is 4.42 Å². The van der Waals surface area contributed by atoms with E-state index in [1.165, 1.54) is 43.1 Å². The van der Waals surface area contributed by atoms with E-state index < -0.39 is 0 Å². The Bertz CT molecular complexity index is 566. The third-order valence-electron chi connectivity index (χ3n) is 4.78. The fraction of sp³-hybridized carbons (Fsp3) is 0.556. The Kier molecular flexibility index (Phi) is 4.11. The molecule has 1 unspecified atom stereocenters. The number of nitrogens with one attached hydrogen (secondary N) is 1. The van der Waals surface area contributed by atoms with E-state index in [1.807, 2.05) is 0 Å². The smallest absolute Gasteiger partial charge is 0.134 e. The lowest BCUT2D eigenvalue weighted by Crippen LogP contribution is -2.27. The summed E-state index contributed by atoms with van der Waals surface area (Å²) < 4.78 is 6.08. The van der Waals surface area contributed by atoms with Crippen LogP contribution in [0.2, 0.25) is 0 Å². The molecular weight excluding hydrogens is 246 g/mol. The number of hydrogen-bond acceptors (Lipinski definition) is 2. The monoisotopic (exact) mass is 271 g/mol. The first-order valence-corrected chi connectivity index (χ1v) is 8.02. The summed E-state index contributed by atoms with van der Waals surface area (Å²) in [6, 6.07) is 8.92. The summed E-state index contributed by atoms with van der Waals surface area (Å²) in [6.07, 6.45) is 7.80. The van der Waals surface area contributed by atoms with Crippen LogP contribution in [0.4, 0.5) is 0 Å². The standard InChI is InChI=1S/C18H25NO/c1-3-15-17(14-11-7-8-12-16(14)20-15)18(19-2)13-9-5-4-6-10-13/h7-8,11-13,18-19H,3-6,9-10H2,1-2H3. The number of hydrogen-bond donors (Lipinski definition) is 1. The molecule has 1 atom stereocenters. The van der Waals surface area contributed by atoms with Crippen LogP contribution in [0, 0.1) is 5.92 Å². The van der Waals surface area contributed by atoms with E-state index in [-0.39, 0.29) is 0 Å². The van der Waals surface area contributed by atoms with Crippen LogP contribution in [-0.2, 0) is 6.42 Å². The second kappa shape index (κ2) is 6.01. The second-order valence-corrected chi connectivity index (χ2v) is 5.95. The number of para-hydroxylation sites is 1. The number of aryl methyl sites for hydroxylation is 1. The van der Waals surface area contributed by atoms with Crippen LogP contribution >= 0.6 is 0 Å². The lowest BCUT2D eigenvalue weighted by molar-refractivity contribution is 0.280. The van der Waals surface area contributed by atoms with Gasteiger partial charge in [0.2, 0.25) is 0 Å². The molecule has 20 heavy (non-hydrogen) atoms. The molecule has 2 nitrogen and oxygen atoms in total. The number of furan rings is 1. The third kappa shape index (κ3) is 2.37. The van der Waals surface area contributed by atoms with Gasteiger partial charge in [-0.05, 0) is 31.9 Å². The Morgan fingerprint density at radius 3 is 2.65 bits per heavy atom. The second-order valence-electron chi connectivity index (χ2n) is 5.95. The topological polar surface area (TPSA) is 25.2 Å². The predicted octanol–water partition coefficient (Wildman–Crippen LogP) is 4.84. The van der Waals surface area contributed by atoms with Gasteiger partial charge in [-0.2, -0.15) is 0 Å². The summed E-state index contributed by atoms with van der Waals surface area (Å²) in [6.45, 7) is 2.19. The van der Waals surface area contributed by atoms with Gasteiger partial charge in [0.05, 0.1) is 0 Å². The van der Waals surface area contributed by atoms with Crippen molar-refractivity contribution in [2.24, 2.45) is 5.92 Å². The summed E-state index contributed by atoms with van der Waals surface area (Å²) in [5.41, 5.74) is 2.45. The minimum atomic E-state index is 0.439. The molecule has 1 N–H and O–H groups in total. The van der Waals surface area contributed by atoms with Gasteiger partial charge in [-0.1, -0.05) is 44.4 Å². The number of rotatable bonds is 4. The molecule has 0 radical (unpaired) electrons. The summed E-state index contributed by atoms with van der Waals surface area (Å²) in [5, 5.41) is 4.88. The highest BCUT2D eigenvalue weighted by molar-refractivity contribution is 5.82. The summed E-state index contributed by atoms with van der Waals surface area (Å²) >= 11 is 0. The SMILES string of the molecule is CCc1oc2ccccc2c1C(NC)C1CCCCC1. The van der Waals surface area contributed by atoms with Gasteiger partial charge in [0.15, 0.2) is 0 Å². The highest BCUT2D eigenvalue weighted by Gasteiger charge is 2.28. The molecule has 1 aliphatic rings. The van der Waals surface area contributed by atoms with E-state index in [1.54, 1.807) is 0 Å². The molecular formula is C18H25NO. The molecule has 0 bridgehead atoms. The highest BCUT2D eigenvalue weighted by Crippen LogP contribution is 2.39. The third-order valence-corrected chi connectivity index (χ3v) is 4.78. The largest absolute Gasteiger partial charge is 0.461 e. The van der Waals surface area contributed by atoms with E-state index in [2.05, 4.69) is 43.6 Å². The fourth-order valence-corrected chi connectivity index (χ4v) is 3.80. The Hall–Kier alpha value is -1.28. The maximum atomic E-state index is 6.08. The first-order valence-electron chi connectivity index (χ1n) is 8.02. The van der Waals surface area contributed by atoms with Gasteiger partial charge in [-0.25, -0.2) is 0 Å². The van der Waals surface area contributed by atoms with Crippen LogP contribution in [-0.4, -0.2) is 7.05 Å². The molecule has 0 spiro atoms. The number of fused-ring (bicyclic) bond motifs is 1. The maximum Gasteiger partial charge on any atom is 0.134 e. The van der Waals surface area contributed by atoms with Crippen LogP contribution in [0.15, 0.2) is 28.7 Å². The fourth-order valence-electron chi connectivity index (χ4n) is 3.80. The Morgan fingerprint density at radius 2 is 1.95 bits per heavy atom. The normalized spacial score (nSPS) is 18.5. The zero-order chi connectivity index (χ0) is 13.9. The molecule has 1 aromatic heterocycles. The predicted molar refractivity (Wildman–Crippen MR) is 84.0 cm³/mol. The lowest BCUT2D eigenvalue weighted by Gasteiger charge is -2.30. The van der Waals surface area contributed by atoms with Crippen LogP contribution in [0.5, 0.6) is 0 Å². The van der Waals surface area contributed by atoms with Crippen LogP contribution in [0.25, 0.3) is 11.0 Å². The van der Waals surface area contributed by atoms with Crippen molar-refractivity contribution in [3.63, 3.8) is 0 Å². The van der Waals surface area contributed by atoms with E-state index in [0.717, 1.165) is 23.7 Å². The van der Waals surface area contributed by atoms with Crippen molar-refractivity contribution >= 4 is 11.0 Å². The molecule has 0 amide bonds. The zero-order valence-corrected chi connectivity index (χ0v) is 12.6. The van der Waals surface area contributed by atoms with Crippen LogP contribution in [0.1, 0.15) is 56.4 Å². The molecule has 1 heterocycles. The van der Waals surface area contributed by atoms with Crippen molar-refractivity contribution in [2.75, 3.05) is 7.05 Å². The highest BCUT2D eigenvalue weighted by atomic mass is 16.3. The van der Waals surface area contributed by atoms with Crippen LogP contribution < -0.4 is 5.32 Å². The molecule has 108 valence electrons. The van der Waals surface area contributed by atoms with Gasteiger partial charge in [-0.15, -0.1) is 0 Å². The Balaban J connectivity index is 2.05. The average molecular weight is 271 g/mol. The zero-order valence-electron chi connectivity index (χ0n) is 12.6. The van der Waals surface area contributed by atoms with Crippen molar-refractivity contribution in [1.29, 1.82) is 0 Å². The molecule has 1 aromatic carbocycles. The van der Waals surface area contributed by atoms with Gasteiger partial charge in [-0.3, -0.25) is 0 Å². The lowest BCUT2D eigenvalue weighted by atomic mass is 9.80. The molecule has 1 fully saturated rings. The summed E-state index contributed by atoms with van der Waals surface area (Å²) in [4.78, 5) is 0. The van der Waals surface area contributed by atoms with Gasteiger partial charge >= 0.3 is 0 Å². The summed E-state index contributed by atoms with van der Waals surface area (Å²) in [7, 11) is 2.10. The van der Waals surface area contributed by atoms with E-state index in [9.17, 15) is 0 Å². The molecule has 0 aliphatic heterocycles. The van der Waals surface area contributed by atoms with Gasteiger partial charge < -0.3 is 9.73 Å². The first-order chi connectivity index (χ1) is 9.85. The van der Waals surface area contributed by atoms with Gasteiger partial charge in [0.1, 0.15) is 11.3 Å². The van der Waals surface area contributed by atoms with E-state index >= 15 is 0 Å². The Labute approximate surface area is 121 Å². The van der Waals surface area contributed by atoms with Gasteiger partial charge in [0.25, 0.3) is 0 Å². The van der Waals surface area contributed by atoms with Crippen molar-refractivity contribution in [3.8, 4) is 0 Å². The van der Waals surface area contributed by atoms with Gasteiger partial charge in [0, 0.05) is 23.4 Å².